The summed E-state index contributed by atoms with van der Waals surface area (Å²) in [6, 6.07) is 15.7. The van der Waals surface area contributed by atoms with E-state index >= 15 is 0 Å². The maximum Gasteiger partial charge on any atom is 0.339 e. The van der Waals surface area contributed by atoms with Crippen molar-refractivity contribution in [2.45, 2.75) is 13.0 Å². The fourth-order valence-corrected chi connectivity index (χ4v) is 1.87. The maximum atomic E-state index is 12.1. The third-order valence-electron chi connectivity index (χ3n) is 2.84. The number of carbonyl (C=O) groups is 2. The van der Waals surface area contributed by atoms with Crippen molar-refractivity contribution < 1.29 is 14.3 Å². The van der Waals surface area contributed by atoms with E-state index in [1.807, 2.05) is 19.1 Å². The highest BCUT2D eigenvalue weighted by molar-refractivity contribution is 5.92. The van der Waals surface area contributed by atoms with Crippen molar-refractivity contribution in [3.63, 3.8) is 0 Å². The lowest BCUT2D eigenvalue weighted by Gasteiger charge is -2.15. The summed E-state index contributed by atoms with van der Waals surface area (Å²) in [7, 11) is 0. The molecule has 0 radical (unpaired) electrons. The second kappa shape index (κ2) is 6.02. The van der Waals surface area contributed by atoms with Gasteiger partial charge in [-0.3, -0.25) is 4.79 Å². The Labute approximate surface area is 117 Å². The third-order valence-corrected chi connectivity index (χ3v) is 2.84. The first kappa shape index (κ1) is 13.8. The Morgan fingerprint density at radius 2 is 1.75 bits per heavy atom. The number of primary amides is 1. The minimum atomic E-state index is -1.08. The molecule has 0 saturated heterocycles. The van der Waals surface area contributed by atoms with E-state index < -0.39 is 18.0 Å². The topological polar surface area (TPSA) is 69.4 Å². The van der Waals surface area contributed by atoms with E-state index in [0.717, 1.165) is 5.56 Å². The molecule has 2 N–H and O–H groups in total. The van der Waals surface area contributed by atoms with Crippen LogP contribution >= 0.6 is 0 Å². The van der Waals surface area contributed by atoms with Gasteiger partial charge in [0.2, 0.25) is 6.10 Å². The number of rotatable bonds is 4. The average Bonchev–Trinajstić information content (AvgIpc) is 2.45. The van der Waals surface area contributed by atoms with Crippen LogP contribution in [0, 0.1) is 6.92 Å². The third kappa shape index (κ3) is 3.23. The first-order valence-corrected chi connectivity index (χ1v) is 6.20. The van der Waals surface area contributed by atoms with Crippen LogP contribution in [-0.4, -0.2) is 11.9 Å². The van der Waals surface area contributed by atoms with Gasteiger partial charge in [0.05, 0.1) is 5.56 Å². The zero-order valence-electron chi connectivity index (χ0n) is 11.1. The molecule has 0 unspecified atom stereocenters. The number of benzene rings is 2. The van der Waals surface area contributed by atoms with E-state index in [2.05, 4.69) is 0 Å². The molecule has 1 atom stereocenters. The van der Waals surface area contributed by atoms with Crippen LogP contribution in [-0.2, 0) is 9.53 Å². The van der Waals surface area contributed by atoms with Crippen LogP contribution in [0.5, 0.6) is 0 Å². The lowest BCUT2D eigenvalue weighted by atomic mass is 10.1. The summed E-state index contributed by atoms with van der Waals surface area (Å²) in [4.78, 5) is 23.5. The van der Waals surface area contributed by atoms with Crippen LogP contribution in [0.15, 0.2) is 54.6 Å². The summed E-state index contributed by atoms with van der Waals surface area (Å²) < 4.78 is 5.23. The molecule has 0 aliphatic carbocycles. The summed E-state index contributed by atoms with van der Waals surface area (Å²) in [5.74, 6) is -1.27. The number of hydrogen-bond acceptors (Lipinski definition) is 3. The second-order valence-electron chi connectivity index (χ2n) is 4.47. The van der Waals surface area contributed by atoms with Gasteiger partial charge < -0.3 is 10.5 Å². The lowest BCUT2D eigenvalue weighted by Crippen LogP contribution is -2.26. The SMILES string of the molecule is Cc1cccc(C(=O)O[C@H](C(N)=O)c2ccccc2)c1. The van der Waals surface area contributed by atoms with Gasteiger partial charge in [0.25, 0.3) is 5.91 Å². The standard InChI is InChI=1S/C16H15NO3/c1-11-6-5-9-13(10-11)16(19)20-14(15(17)18)12-7-3-2-4-8-12/h2-10,14H,1H3,(H2,17,18)/t14-/m0/s1. The highest BCUT2D eigenvalue weighted by atomic mass is 16.5. The van der Waals surface area contributed by atoms with E-state index in [0.29, 0.717) is 11.1 Å². The molecule has 0 spiro atoms. The van der Waals surface area contributed by atoms with E-state index in [1.165, 1.54) is 0 Å². The highest BCUT2D eigenvalue weighted by Crippen LogP contribution is 2.19. The molecule has 0 bridgehead atoms. The molecular formula is C16H15NO3. The fraction of sp³-hybridized carbons (Fsp3) is 0.125. The van der Waals surface area contributed by atoms with Gasteiger partial charge in [-0.1, -0.05) is 48.0 Å². The van der Waals surface area contributed by atoms with Crippen LogP contribution in [0.4, 0.5) is 0 Å². The van der Waals surface area contributed by atoms with Crippen molar-refractivity contribution in [2.24, 2.45) is 5.73 Å². The van der Waals surface area contributed by atoms with E-state index in [1.54, 1.807) is 42.5 Å². The highest BCUT2D eigenvalue weighted by Gasteiger charge is 2.23. The molecule has 102 valence electrons. The van der Waals surface area contributed by atoms with Gasteiger partial charge >= 0.3 is 5.97 Å². The minimum Gasteiger partial charge on any atom is -0.444 e. The molecule has 20 heavy (non-hydrogen) atoms. The molecule has 0 heterocycles. The number of hydrogen-bond donors (Lipinski definition) is 1. The van der Waals surface area contributed by atoms with E-state index in [4.69, 9.17) is 10.5 Å². The molecule has 2 rings (SSSR count). The molecule has 0 aromatic heterocycles. The molecule has 4 nitrogen and oxygen atoms in total. The van der Waals surface area contributed by atoms with Gasteiger partial charge in [0, 0.05) is 5.56 Å². The van der Waals surface area contributed by atoms with Gasteiger partial charge in [-0.2, -0.15) is 0 Å². The molecule has 4 heteroatoms. The second-order valence-corrected chi connectivity index (χ2v) is 4.47. The monoisotopic (exact) mass is 269 g/mol. The predicted octanol–water partition coefficient (Wildman–Crippen LogP) is 2.38. The number of aryl methyl sites for hydroxylation is 1. The van der Waals surface area contributed by atoms with Gasteiger partial charge in [-0.25, -0.2) is 4.79 Å². The Bertz CT molecular complexity index is 623. The molecule has 2 aromatic carbocycles. The molecular weight excluding hydrogens is 254 g/mol. The Morgan fingerprint density at radius 1 is 1.05 bits per heavy atom. The Kier molecular flexibility index (Phi) is 4.15. The van der Waals surface area contributed by atoms with Crippen LogP contribution < -0.4 is 5.73 Å². The van der Waals surface area contributed by atoms with Gasteiger partial charge in [0.15, 0.2) is 0 Å². The molecule has 0 saturated carbocycles. The molecule has 2 aromatic rings. The zero-order valence-corrected chi connectivity index (χ0v) is 11.1. The Balaban J connectivity index is 2.21. The van der Waals surface area contributed by atoms with Crippen LogP contribution in [0.2, 0.25) is 0 Å². The predicted molar refractivity (Wildman–Crippen MR) is 75.0 cm³/mol. The summed E-state index contributed by atoms with van der Waals surface area (Å²) in [5.41, 5.74) is 7.20. The number of amides is 1. The quantitative estimate of drug-likeness (QED) is 0.866. The lowest BCUT2D eigenvalue weighted by molar-refractivity contribution is -0.127. The normalized spacial score (nSPS) is 11.7. The van der Waals surface area contributed by atoms with Crippen molar-refractivity contribution in [3.05, 3.63) is 71.3 Å². The van der Waals surface area contributed by atoms with Crippen molar-refractivity contribution in [3.8, 4) is 0 Å². The molecule has 0 fully saturated rings. The van der Waals surface area contributed by atoms with E-state index in [-0.39, 0.29) is 0 Å². The summed E-state index contributed by atoms with van der Waals surface area (Å²) in [5, 5.41) is 0. The number of esters is 1. The van der Waals surface area contributed by atoms with Gasteiger partial charge in [0.1, 0.15) is 0 Å². The smallest absolute Gasteiger partial charge is 0.339 e. The van der Waals surface area contributed by atoms with Crippen LogP contribution in [0.25, 0.3) is 0 Å². The maximum absolute atomic E-state index is 12.1. The zero-order chi connectivity index (χ0) is 14.5. The van der Waals surface area contributed by atoms with Gasteiger partial charge in [-0.15, -0.1) is 0 Å². The molecule has 0 aliphatic rings. The van der Waals surface area contributed by atoms with Crippen LogP contribution in [0.1, 0.15) is 27.6 Å². The summed E-state index contributed by atoms with van der Waals surface area (Å²) in [6.45, 7) is 1.87. The summed E-state index contributed by atoms with van der Waals surface area (Å²) in [6.07, 6.45) is -1.08. The Morgan fingerprint density at radius 3 is 2.35 bits per heavy atom. The largest absolute Gasteiger partial charge is 0.444 e. The number of nitrogens with two attached hydrogens (primary N) is 1. The first-order chi connectivity index (χ1) is 9.58. The Hall–Kier alpha value is -2.62. The number of ether oxygens (including phenoxy) is 1. The van der Waals surface area contributed by atoms with Crippen molar-refractivity contribution in [2.75, 3.05) is 0 Å². The van der Waals surface area contributed by atoms with Crippen molar-refractivity contribution >= 4 is 11.9 Å². The minimum absolute atomic E-state index is 0.396. The number of carbonyl (C=O) groups excluding carboxylic acids is 2. The molecule has 1 amide bonds. The van der Waals surface area contributed by atoms with Crippen LogP contribution in [0.3, 0.4) is 0 Å². The molecule has 0 aliphatic heterocycles. The van der Waals surface area contributed by atoms with Crippen molar-refractivity contribution in [1.29, 1.82) is 0 Å². The van der Waals surface area contributed by atoms with Gasteiger partial charge in [-0.05, 0) is 19.1 Å². The fourth-order valence-electron chi connectivity index (χ4n) is 1.87. The van der Waals surface area contributed by atoms with E-state index in [9.17, 15) is 9.59 Å². The average molecular weight is 269 g/mol. The van der Waals surface area contributed by atoms with Crippen molar-refractivity contribution in [1.82, 2.24) is 0 Å². The summed E-state index contributed by atoms with van der Waals surface area (Å²) >= 11 is 0. The first-order valence-electron chi connectivity index (χ1n) is 6.20.